The summed E-state index contributed by atoms with van der Waals surface area (Å²) < 4.78 is 37.6. The molecule has 0 aliphatic rings. The molecule has 0 radical (unpaired) electrons. The third kappa shape index (κ3) is 4.84. The van der Waals surface area contributed by atoms with E-state index in [0.717, 1.165) is 6.42 Å². The summed E-state index contributed by atoms with van der Waals surface area (Å²) in [6, 6.07) is -1.65. The van der Waals surface area contributed by atoms with Crippen molar-refractivity contribution in [1.82, 2.24) is 4.90 Å². The first-order chi connectivity index (χ1) is 6.70. The highest BCUT2D eigenvalue weighted by Gasteiger charge is 2.42. The van der Waals surface area contributed by atoms with Crippen LogP contribution in [0.15, 0.2) is 0 Å². The fraction of sp³-hybridized carbons (Fsp3) is 1.00. The molecule has 0 bridgehead atoms. The second-order valence-corrected chi connectivity index (χ2v) is 4.44. The molecule has 0 saturated carbocycles. The summed E-state index contributed by atoms with van der Waals surface area (Å²) in [6.45, 7) is 5.40. The molecule has 0 aromatic rings. The Balaban J connectivity index is 4.44. The summed E-state index contributed by atoms with van der Waals surface area (Å²) in [7, 11) is 1.48. The van der Waals surface area contributed by atoms with Crippen LogP contribution in [0.5, 0.6) is 0 Å². The van der Waals surface area contributed by atoms with Crippen LogP contribution >= 0.6 is 0 Å². The second kappa shape index (κ2) is 5.70. The van der Waals surface area contributed by atoms with E-state index in [-0.39, 0.29) is 12.6 Å². The van der Waals surface area contributed by atoms with Crippen molar-refractivity contribution < 1.29 is 13.2 Å². The summed E-state index contributed by atoms with van der Waals surface area (Å²) in [6.07, 6.45) is -3.50. The maximum Gasteiger partial charge on any atom is 0.405 e. The molecule has 0 aromatic heterocycles. The van der Waals surface area contributed by atoms with E-state index in [9.17, 15) is 13.2 Å². The molecular formula is C10H21F3N2. The second-order valence-electron chi connectivity index (χ2n) is 4.44. The average molecular weight is 226 g/mol. The van der Waals surface area contributed by atoms with Crippen LogP contribution in [0.4, 0.5) is 13.2 Å². The number of rotatable bonds is 5. The van der Waals surface area contributed by atoms with Gasteiger partial charge < -0.3 is 5.73 Å². The van der Waals surface area contributed by atoms with Crippen molar-refractivity contribution in [2.45, 2.75) is 45.5 Å². The normalized spacial score (nSPS) is 17.2. The Labute approximate surface area is 89.6 Å². The largest absolute Gasteiger partial charge is 0.405 e. The van der Waals surface area contributed by atoms with E-state index in [2.05, 4.69) is 0 Å². The lowest BCUT2D eigenvalue weighted by molar-refractivity contribution is -0.182. The van der Waals surface area contributed by atoms with Crippen LogP contribution in [0, 0.1) is 5.92 Å². The van der Waals surface area contributed by atoms with Gasteiger partial charge in [0, 0.05) is 12.6 Å². The molecule has 2 nitrogen and oxygen atoms in total. The molecule has 0 heterocycles. The third-order valence-corrected chi connectivity index (χ3v) is 2.60. The van der Waals surface area contributed by atoms with E-state index in [0.29, 0.717) is 5.92 Å². The Hall–Kier alpha value is -0.290. The number of halogens is 3. The predicted molar refractivity (Wildman–Crippen MR) is 55.6 cm³/mol. The Morgan fingerprint density at radius 2 is 1.67 bits per heavy atom. The van der Waals surface area contributed by atoms with Gasteiger partial charge in [-0.3, -0.25) is 4.90 Å². The third-order valence-electron chi connectivity index (χ3n) is 2.60. The molecule has 0 aliphatic carbocycles. The number of nitrogens with two attached hydrogens (primary N) is 1. The van der Waals surface area contributed by atoms with Gasteiger partial charge in [-0.05, 0) is 26.3 Å². The average Bonchev–Trinajstić information content (AvgIpc) is 2.01. The molecule has 0 aliphatic heterocycles. The molecule has 2 atom stereocenters. The van der Waals surface area contributed by atoms with Crippen molar-refractivity contribution >= 4 is 0 Å². The number of hydrogen-bond acceptors (Lipinski definition) is 2. The summed E-state index contributed by atoms with van der Waals surface area (Å²) >= 11 is 0. The lowest BCUT2D eigenvalue weighted by Gasteiger charge is -2.34. The van der Waals surface area contributed by atoms with Gasteiger partial charge in [0.05, 0.1) is 0 Å². The molecule has 0 fully saturated rings. The van der Waals surface area contributed by atoms with Crippen LogP contribution in [0.25, 0.3) is 0 Å². The topological polar surface area (TPSA) is 29.3 Å². The van der Waals surface area contributed by atoms with Crippen LogP contribution in [0.1, 0.15) is 27.2 Å². The molecule has 0 amide bonds. The minimum atomic E-state index is -4.24. The minimum Gasteiger partial charge on any atom is -0.329 e. The molecule has 0 aromatic carbocycles. The molecular weight excluding hydrogens is 205 g/mol. The highest BCUT2D eigenvalue weighted by Crippen LogP contribution is 2.25. The lowest BCUT2D eigenvalue weighted by Crippen LogP contribution is -2.51. The van der Waals surface area contributed by atoms with Crippen LogP contribution in [0.2, 0.25) is 0 Å². The van der Waals surface area contributed by atoms with Crippen LogP contribution in [-0.4, -0.2) is 36.8 Å². The Kier molecular flexibility index (Phi) is 5.59. The van der Waals surface area contributed by atoms with Crippen molar-refractivity contribution in [3.63, 3.8) is 0 Å². The van der Waals surface area contributed by atoms with Crippen molar-refractivity contribution in [1.29, 1.82) is 0 Å². The van der Waals surface area contributed by atoms with Gasteiger partial charge in [-0.2, -0.15) is 13.2 Å². The van der Waals surface area contributed by atoms with E-state index in [1.54, 1.807) is 6.92 Å². The monoisotopic (exact) mass is 226 g/mol. The Bertz CT molecular complexity index is 180. The first-order valence-electron chi connectivity index (χ1n) is 5.18. The van der Waals surface area contributed by atoms with E-state index < -0.39 is 12.2 Å². The van der Waals surface area contributed by atoms with Crippen LogP contribution in [0.3, 0.4) is 0 Å². The van der Waals surface area contributed by atoms with Crippen molar-refractivity contribution in [3.05, 3.63) is 0 Å². The predicted octanol–water partition coefficient (Wildman–Crippen LogP) is 2.24. The fourth-order valence-corrected chi connectivity index (χ4v) is 1.69. The number of alkyl halides is 3. The van der Waals surface area contributed by atoms with Crippen molar-refractivity contribution in [2.24, 2.45) is 11.7 Å². The molecule has 5 heteroatoms. The zero-order chi connectivity index (χ0) is 12.2. The van der Waals surface area contributed by atoms with Crippen molar-refractivity contribution in [2.75, 3.05) is 13.6 Å². The summed E-state index contributed by atoms with van der Waals surface area (Å²) in [5.41, 5.74) is 5.17. The van der Waals surface area contributed by atoms with Gasteiger partial charge in [0.25, 0.3) is 0 Å². The number of hydrogen-bond donors (Lipinski definition) is 1. The van der Waals surface area contributed by atoms with Gasteiger partial charge in [0.1, 0.15) is 6.04 Å². The first-order valence-corrected chi connectivity index (χ1v) is 5.18. The maximum absolute atomic E-state index is 12.5. The molecule has 15 heavy (non-hydrogen) atoms. The highest BCUT2D eigenvalue weighted by atomic mass is 19.4. The summed E-state index contributed by atoms with van der Waals surface area (Å²) in [5, 5.41) is 0. The van der Waals surface area contributed by atoms with Crippen LogP contribution in [-0.2, 0) is 0 Å². The van der Waals surface area contributed by atoms with E-state index >= 15 is 0 Å². The molecule has 2 unspecified atom stereocenters. The Morgan fingerprint density at radius 3 is 1.93 bits per heavy atom. The van der Waals surface area contributed by atoms with E-state index in [4.69, 9.17) is 5.73 Å². The standard InChI is InChI=1S/C10H21F3N2/c1-7(2)5-8(3)15(4)9(6-14)10(11,12)13/h7-9H,5-6,14H2,1-4H3. The lowest BCUT2D eigenvalue weighted by atomic mass is 10.0. The van der Waals surface area contributed by atoms with Gasteiger partial charge >= 0.3 is 6.18 Å². The highest BCUT2D eigenvalue weighted by molar-refractivity contribution is 4.81. The maximum atomic E-state index is 12.5. The molecule has 2 N–H and O–H groups in total. The van der Waals surface area contributed by atoms with Gasteiger partial charge in [0.15, 0.2) is 0 Å². The SMILES string of the molecule is CC(C)CC(C)N(C)C(CN)C(F)(F)F. The van der Waals surface area contributed by atoms with E-state index in [1.165, 1.54) is 11.9 Å². The number of likely N-dealkylation sites (N-methyl/N-ethyl adjacent to an activating group) is 1. The first kappa shape index (κ1) is 14.7. The zero-order valence-electron chi connectivity index (χ0n) is 9.80. The molecule has 0 rings (SSSR count). The zero-order valence-corrected chi connectivity index (χ0v) is 9.80. The van der Waals surface area contributed by atoms with Gasteiger partial charge in [-0.25, -0.2) is 0 Å². The molecule has 0 spiro atoms. The van der Waals surface area contributed by atoms with Crippen LogP contribution < -0.4 is 5.73 Å². The minimum absolute atomic E-state index is 0.111. The smallest absolute Gasteiger partial charge is 0.329 e. The van der Waals surface area contributed by atoms with Gasteiger partial charge in [-0.1, -0.05) is 13.8 Å². The fourth-order valence-electron chi connectivity index (χ4n) is 1.69. The number of nitrogens with zero attached hydrogens (tertiary/aromatic N) is 1. The quantitative estimate of drug-likeness (QED) is 0.779. The Morgan fingerprint density at radius 1 is 1.20 bits per heavy atom. The summed E-state index contributed by atoms with van der Waals surface area (Å²) in [5.74, 6) is 0.383. The molecule has 0 saturated heterocycles. The van der Waals surface area contributed by atoms with Crippen molar-refractivity contribution in [3.8, 4) is 0 Å². The van der Waals surface area contributed by atoms with Gasteiger partial charge in [0.2, 0.25) is 0 Å². The summed E-state index contributed by atoms with van der Waals surface area (Å²) in [4.78, 5) is 1.32. The molecule has 92 valence electrons. The van der Waals surface area contributed by atoms with Gasteiger partial charge in [-0.15, -0.1) is 0 Å². The van der Waals surface area contributed by atoms with E-state index in [1.807, 2.05) is 13.8 Å².